The van der Waals surface area contributed by atoms with Crippen LogP contribution in [0.15, 0.2) is 54.7 Å². The van der Waals surface area contributed by atoms with Crippen LogP contribution in [0, 0.1) is 5.82 Å². The molecular formula is C16H14FN. The van der Waals surface area contributed by atoms with Gasteiger partial charge < -0.3 is 4.98 Å². The summed E-state index contributed by atoms with van der Waals surface area (Å²) in [6.45, 7) is 2.14. The van der Waals surface area contributed by atoms with Crippen molar-refractivity contribution in [2.75, 3.05) is 0 Å². The van der Waals surface area contributed by atoms with Crippen LogP contribution in [0.1, 0.15) is 24.0 Å². The smallest absolute Gasteiger partial charge is 0.123 e. The van der Waals surface area contributed by atoms with Gasteiger partial charge in [0.05, 0.1) is 0 Å². The van der Waals surface area contributed by atoms with Crippen LogP contribution in [0.4, 0.5) is 4.39 Å². The van der Waals surface area contributed by atoms with Gasteiger partial charge in [-0.1, -0.05) is 37.3 Å². The molecule has 0 bridgehead atoms. The molecule has 0 spiro atoms. The van der Waals surface area contributed by atoms with Crippen molar-refractivity contribution in [1.82, 2.24) is 4.98 Å². The molecule has 1 unspecified atom stereocenters. The van der Waals surface area contributed by atoms with Gasteiger partial charge in [0.25, 0.3) is 0 Å². The lowest BCUT2D eigenvalue weighted by Gasteiger charge is -2.11. The third kappa shape index (κ3) is 1.80. The van der Waals surface area contributed by atoms with E-state index in [1.54, 1.807) is 0 Å². The average molecular weight is 239 g/mol. The highest BCUT2D eigenvalue weighted by Gasteiger charge is 2.12. The number of halogens is 1. The predicted molar refractivity (Wildman–Crippen MR) is 72.2 cm³/mol. The summed E-state index contributed by atoms with van der Waals surface area (Å²) in [5.74, 6) is 0.0617. The van der Waals surface area contributed by atoms with Crippen molar-refractivity contribution in [3.63, 3.8) is 0 Å². The van der Waals surface area contributed by atoms with E-state index in [2.05, 4.69) is 24.0 Å². The SMILES string of the molecule is CC(c1ccc(F)cc1)c1c[nH]c2ccccc12. The molecule has 18 heavy (non-hydrogen) atoms. The normalized spacial score (nSPS) is 12.8. The van der Waals surface area contributed by atoms with Crippen molar-refractivity contribution < 1.29 is 4.39 Å². The number of nitrogens with one attached hydrogen (secondary N) is 1. The molecule has 2 aromatic carbocycles. The van der Waals surface area contributed by atoms with Crippen molar-refractivity contribution in [3.8, 4) is 0 Å². The second-order valence-corrected chi connectivity index (χ2v) is 4.56. The average Bonchev–Trinajstić information content (AvgIpc) is 2.82. The number of H-pyrrole nitrogens is 1. The number of hydrogen-bond acceptors (Lipinski definition) is 0. The monoisotopic (exact) mass is 239 g/mol. The van der Waals surface area contributed by atoms with E-state index in [0.717, 1.165) is 11.1 Å². The van der Waals surface area contributed by atoms with E-state index in [-0.39, 0.29) is 11.7 Å². The first-order chi connectivity index (χ1) is 8.75. The van der Waals surface area contributed by atoms with E-state index in [4.69, 9.17) is 0 Å². The topological polar surface area (TPSA) is 15.8 Å². The molecule has 3 aromatic rings. The fraction of sp³-hybridized carbons (Fsp3) is 0.125. The molecule has 0 saturated heterocycles. The third-order valence-corrected chi connectivity index (χ3v) is 3.46. The maximum atomic E-state index is 12.9. The number of fused-ring (bicyclic) bond motifs is 1. The molecule has 0 aliphatic heterocycles. The number of rotatable bonds is 2. The molecule has 0 radical (unpaired) electrons. The van der Waals surface area contributed by atoms with Crippen LogP contribution in [0.2, 0.25) is 0 Å². The molecule has 3 rings (SSSR count). The van der Waals surface area contributed by atoms with Gasteiger partial charge >= 0.3 is 0 Å². The molecule has 1 N–H and O–H groups in total. The number of aromatic nitrogens is 1. The lowest BCUT2D eigenvalue weighted by atomic mass is 9.93. The number of benzene rings is 2. The van der Waals surface area contributed by atoms with Crippen LogP contribution >= 0.6 is 0 Å². The van der Waals surface area contributed by atoms with Gasteiger partial charge in [-0.2, -0.15) is 0 Å². The molecule has 0 saturated carbocycles. The molecule has 2 heteroatoms. The fourth-order valence-corrected chi connectivity index (χ4v) is 2.38. The van der Waals surface area contributed by atoms with Gasteiger partial charge in [-0.3, -0.25) is 0 Å². The molecule has 90 valence electrons. The van der Waals surface area contributed by atoms with Crippen LogP contribution in [-0.4, -0.2) is 4.98 Å². The van der Waals surface area contributed by atoms with Gasteiger partial charge in [0.15, 0.2) is 0 Å². The Morgan fingerprint density at radius 1 is 1.00 bits per heavy atom. The zero-order chi connectivity index (χ0) is 12.5. The first kappa shape index (κ1) is 11.0. The lowest BCUT2D eigenvalue weighted by molar-refractivity contribution is 0.626. The summed E-state index contributed by atoms with van der Waals surface area (Å²) < 4.78 is 12.9. The van der Waals surface area contributed by atoms with Crippen LogP contribution < -0.4 is 0 Å². The van der Waals surface area contributed by atoms with Gasteiger partial charge in [-0.15, -0.1) is 0 Å². The third-order valence-electron chi connectivity index (χ3n) is 3.46. The molecule has 0 aliphatic rings. The largest absolute Gasteiger partial charge is 0.361 e. The van der Waals surface area contributed by atoms with E-state index in [0.29, 0.717) is 0 Å². The summed E-state index contributed by atoms with van der Waals surface area (Å²) in [4.78, 5) is 3.28. The Kier molecular flexibility index (Phi) is 2.63. The zero-order valence-electron chi connectivity index (χ0n) is 10.2. The first-order valence-corrected chi connectivity index (χ1v) is 6.07. The molecular weight excluding hydrogens is 225 g/mol. The summed E-state index contributed by atoms with van der Waals surface area (Å²) in [5, 5.41) is 1.23. The summed E-state index contributed by atoms with van der Waals surface area (Å²) in [6, 6.07) is 15.0. The Balaban J connectivity index is 2.06. The maximum Gasteiger partial charge on any atom is 0.123 e. The number of hydrogen-bond donors (Lipinski definition) is 1. The minimum absolute atomic E-state index is 0.190. The second kappa shape index (κ2) is 4.30. The Hall–Kier alpha value is -2.09. The quantitative estimate of drug-likeness (QED) is 0.679. The highest BCUT2D eigenvalue weighted by atomic mass is 19.1. The summed E-state index contributed by atoms with van der Waals surface area (Å²) >= 11 is 0. The van der Waals surface area contributed by atoms with E-state index in [9.17, 15) is 4.39 Å². The number of aromatic amines is 1. The highest BCUT2D eigenvalue weighted by molar-refractivity contribution is 5.84. The Labute approximate surface area is 105 Å². The van der Waals surface area contributed by atoms with Gasteiger partial charge in [-0.05, 0) is 29.3 Å². The van der Waals surface area contributed by atoms with Crippen molar-refractivity contribution in [3.05, 3.63) is 71.7 Å². The molecule has 1 nitrogen and oxygen atoms in total. The molecule has 1 atom stereocenters. The van der Waals surface area contributed by atoms with Crippen molar-refractivity contribution in [2.24, 2.45) is 0 Å². The van der Waals surface area contributed by atoms with E-state index >= 15 is 0 Å². The highest BCUT2D eigenvalue weighted by Crippen LogP contribution is 2.30. The fourth-order valence-electron chi connectivity index (χ4n) is 2.38. The second-order valence-electron chi connectivity index (χ2n) is 4.56. The predicted octanol–water partition coefficient (Wildman–Crippen LogP) is 4.46. The van der Waals surface area contributed by atoms with E-state index in [1.165, 1.54) is 23.1 Å². The van der Waals surface area contributed by atoms with Gasteiger partial charge in [0.2, 0.25) is 0 Å². The van der Waals surface area contributed by atoms with Gasteiger partial charge in [0.1, 0.15) is 5.82 Å². The lowest BCUT2D eigenvalue weighted by Crippen LogP contribution is -1.94. The maximum absolute atomic E-state index is 12.9. The Bertz CT molecular complexity index is 667. The summed E-state index contributed by atoms with van der Waals surface area (Å²) in [5.41, 5.74) is 3.51. The summed E-state index contributed by atoms with van der Waals surface area (Å²) in [7, 11) is 0. The van der Waals surface area contributed by atoms with E-state index in [1.807, 2.05) is 30.5 Å². The molecule has 0 fully saturated rings. The Morgan fingerprint density at radius 3 is 2.50 bits per heavy atom. The minimum Gasteiger partial charge on any atom is -0.361 e. The van der Waals surface area contributed by atoms with Crippen LogP contribution in [0.3, 0.4) is 0 Å². The zero-order valence-corrected chi connectivity index (χ0v) is 10.2. The van der Waals surface area contributed by atoms with E-state index < -0.39 is 0 Å². The molecule has 0 aliphatic carbocycles. The summed E-state index contributed by atoms with van der Waals surface area (Å²) in [6.07, 6.45) is 2.04. The minimum atomic E-state index is -0.190. The number of para-hydroxylation sites is 1. The molecule has 1 heterocycles. The van der Waals surface area contributed by atoms with Gasteiger partial charge in [-0.25, -0.2) is 4.39 Å². The Morgan fingerprint density at radius 2 is 1.72 bits per heavy atom. The standard InChI is InChI=1S/C16H14FN/c1-11(12-6-8-13(17)9-7-12)15-10-18-16-5-3-2-4-14(15)16/h2-11,18H,1H3. The van der Waals surface area contributed by atoms with Crippen LogP contribution in [0.25, 0.3) is 10.9 Å². The first-order valence-electron chi connectivity index (χ1n) is 6.07. The molecule has 0 amide bonds. The van der Waals surface area contributed by atoms with Gasteiger partial charge in [0, 0.05) is 23.0 Å². The van der Waals surface area contributed by atoms with Crippen molar-refractivity contribution >= 4 is 10.9 Å². The van der Waals surface area contributed by atoms with Crippen molar-refractivity contribution in [2.45, 2.75) is 12.8 Å². The van der Waals surface area contributed by atoms with Crippen LogP contribution in [0.5, 0.6) is 0 Å². The molecule has 1 aromatic heterocycles. The van der Waals surface area contributed by atoms with Crippen LogP contribution in [-0.2, 0) is 0 Å². The van der Waals surface area contributed by atoms with Crippen molar-refractivity contribution in [1.29, 1.82) is 0 Å².